The monoisotopic (exact) mass is 614 g/mol. The van der Waals surface area contributed by atoms with Gasteiger partial charge in [-0.1, -0.05) is 6.07 Å². The van der Waals surface area contributed by atoms with Crippen LogP contribution in [0.4, 0.5) is 21.1 Å². The van der Waals surface area contributed by atoms with Gasteiger partial charge in [0.05, 0.1) is 0 Å². The maximum absolute atomic E-state index is 12.5. The van der Waals surface area contributed by atoms with Crippen LogP contribution in [-0.4, -0.2) is 74.3 Å². The molecule has 2 amide bonds. The van der Waals surface area contributed by atoms with Crippen LogP contribution >= 0.6 is 0 Å². The van der Waals surface area contributed by atoms with Crippen molar-refractivity contribution >= 4 is 45.6 Å². The Balaban J connectivity index is 1.07. The highest BCUT2D eigenvalue weighted by Gasteiger charge is 2.30. The van der Waals surface area contributed by atoms with E-state index in [2.05, 4.69) is 51.9 Å². The number of pyridine rings is 1. The van der Waals surface area contributed by atoms with Gasteiger partial charge < -0.3 is 34.6 Å². The van der Waals surface area contributed by atoms with Crippen molar-refractivity contribution in [2.24, 2.45) is 0 Å². The molecule has 240 valence electrons. The zero-order valence-corrected chi connectivity index (χ0v) is 27.3. The van der Waals surface area contributed by atoms with Crippen molar-refractivity contribution in [1.82, 2.24) is 24.8 Å². The van der Waals surface area contributed by atoms with Gasteiger partial charge in [0.2, 0.25) is 0 Å². The molecule has 3 aromatic heterocycles. The number of anilines is 2. The third kappa shape index (κ3) is 7.05. The van der Waals surface area contributed by atoms with Gasteiger partial charge in [-0.25, -0.2) is 14.6 Å². The van der Waals surface area contributed by atoms with Crippen LogP contribution in [0.1, 0.15) is 90.2 Å². The molecule has 0 radical (unpaired) electrons. The molecule has 2 saturated heterocycles. The second-order valence-electron chi connectivity index (χ2n) is 14.4. The van der Waals surface area contributed by atoms with Gasteiger partial charge >= 0.3 is 12.2 Å². The first kappa shape index (κ1) is 30.8. The van der Waals surface area contributed by atoms with Crippen LogP contribution in [0.3, 0.4) is 0 Å². The highest BCUT2D eigenvalue weighted by Crippen LogP contribution is 2.36. The van der Waals surface area contributed by atoms with E-state index in [1.807, 2.05) is 57.4 Å². The van der Waals surface area contributed by atoms with Crippen molar-refractivity contribution in [2.45, 2.75) is 90.3 Å². The van der Waals surface area contributed by atoms with E-state index in [4.69, 9.17) is 14.5 Å². The number of aromatic nitrogens is 3. The highest BCUT2D eigenvalue weighted by molar-refractivity contribution is 5.88. The van der Waals surface area contributed by atoms with E-state index in [0.29, 0.717) is 38.0 Å². The molecule has 10 nitrogen and oxygen atoms in total. The lowest BCUT2D eigenvalue weighted by Crippen LogP contribution is -2.41. The van der Waals surface area contributed by atoms with Crippen molar-refractivity contribution in [3.8, 4) is 0 Å². The SMILES string of the molecule is CC(C)(C)OC(=O)N1CCC(c2c[nH]c3cc(Nc4ccc5c(C6CCN(C(=O)OC(C)(C)C)CC6)c[nH]c5n4)ccc23)CC1. The fourth-order valence-corrected chi connectivity index (χ4v) is 6.54. The number of H-pyrrole nitrogens is 2. The molecule has 2 fully saturated rings. The third-order valence-electron chi connectivity index (χ3n) is 8.73. The minimum atomic E-state index is -0.484. The summed E-state index contributed by atoms with van der Waals surface area (Å²) < 4.78 is 11.1. The second kappa shape index (κ2) is 11.9. The summed E-state index contributed by atoms with van der Waals surface area (Å²) in [7, 11) is 0. The summed E-state index contributed by atoms with van der Waals surface area (Å²) in [5.74, 6) is 1.54. The molecular weight excluding hydrogens is 568 g/mol. The number of nitrogens with one attached hydrogen (secondary N) is 3. The lowest BCUT2D eigenvalue weighted by atomic mass is 9.89. The van der Waals surface area contributed by atoms with Crippen LogP contribution in [-0.2, 0) is 9.47 Å². The lowest BCUT2D eigenvalue weighted by Gasteiger charge is -2.33. The first-order chi connectivity index (χ1) is 21.3. The van der Waals surface area contributed by atoms with Gasteiger partial charge in [0.25, 0.3) is 0 Å². The Bertz CT molecular complexity index is 1550. The summed E-state index contributed by atoms with van der Waals surface area (Å²) in [6.07, 6.45) is 7.35. The number of hydrogen-bond acceptors (Lipinski definition) is 6. The molecular formula is C35H46N6O4. The number of nitrogens with zero attached hydrogens (tertiary/aromatic N) is 3. The van der Waals surface area contributed by atoms with Gasteiger partial charge in [-0.05, 0) is 114 Å². The van der Waals surface area contributed by atoms with E-state index < -0.39 is 11.2 Å². The van der Waals surface area contributed by atoms with Gasteiger partial charge in [-0.3, -0.25) is 0 Å². The number of piperidine rings is 2. The second-order valence-corrected chi connectivity index (χ2v) is 14.4. The Kier molecular flexibility index (Phi) is 8.18. The fourth-order valence-electron chi connectivity index (χ4n) is 6.54. The quantitative estimate of drug-likeness (QED) is 0.214. The van der Waals surface area contributed by atoms with Crippen molar-refractivity contribution in [1.29, 1.82) is 0 Å². The molecule has 0 saturated carbocycles. The number of likely N-dealkylation sites (tertiary alicyclic amines) is 2. The van der Waals surface area contributed by atoms with Crippen LogP contribution in [0.25, 0.3) is 21.9 Å². The number of carbonyl (C=O) groups is 2. The van der Waals surface area contributed by atoms with Gasteiger partial charge in [0, 0.05) is 60.5 Å². The summed E-state index contributed by atoms with van der Waals surface area (Å²) >= 11 is 0. The highest BCUT2D eigenvalue weighted by atomic mass is 16.6. The lowest BCUT2D eigenvalue weighted by molar-refractivity contribution is 0.0194. The molecule has 0 atom stereocenters. The molecule has 5 heterocycles. The molecule has 2 aliphatic rings. The topological polar surface area (TPSA) is 116 Å². The average molecular weight is 615 g/mol. The first-order valence-electron chi connectivity index (χ1n) is 16.1. The molecule has 0 spiro atoms. The molecule has 6 rings (SSSR count). The van der Waals surface area contributed by atoms with Gasteiger partial charge in [-0.15, -0.1) is 0 Å². The number of amides is 2. The average Bonchev–Trinajstić information content (AvgIpc) is 3.59. The van der Waals surface area contributed by atoms with E-state index in [1.165, 1.54) is 16.5 Å². The zero-order chi connectivity index (χ0) is 31.9. The van der Waals surface area contributed by atoms with Crippen LogP contribution in [0.15, 0.2) is 42.7 Å². The molecule has 10 heteroatoms. The van der Waals surface area contributed by atoms with Crippen molar-refractivity contribution < 1.29 is 19.1 Å². The number of carbonyl (C=O) groups excluding carboxylic acids is 2. The molecule has 0 unspecified atom stereocenters. The molecule has 3 N–H and O–H groups in total. The smallest absolute Gasteiger partial charge is 0.410 e. The molecule has 0 aliphatic carbocycles. The number of fused-ring (bicyclic) bond motifs is 2. The number of benzene rings is 1. The number of aromatic amines is 2. The summed E-state index contributed by atoms with van der Waals surface area (Å²) in [5, 5.41) is 5.81. The fraction of sp³-hybridized carbons (Fsp3) is 0.514. The van der Waals surface area contributed by atoms with Crippen LogP contribution < -0.4 is 5.32 Å². The maximum Gasteiger partial charge on any atom is 0.410 e. The van der Waals surface area contributed by atoms with Crippen molar-refractivity contribution in [3.05, 3.63) is 53.9 Å². The zero-order valence-electron chi connectivity index (χ0n) is 27.3. The summed E-state index contributed by atoms with van der Waals surface area (Å²) in [6, 6.07) is 10.5. The van der Waals surface area contributed by atoms with Crippen molar-refractivity contribution in [2.75, 3.05) is 31.5 Å². The Morgan fingerprint density at radius 2 is 1.27 bits per heavy atom. The summed E-state index contributed by atoms with van der Waals surface area (Å²) in [6.45, 7) is 14.2. The number of hydrogen-bond donors (Lipinski definition) is 3. The van der Waals surface area contributed by atoms with Gasteiger partial charge in [0.15, 0.2) is 0 Å². The van der Waals surface area contributed by atoms with E-state index in [1.54, 1.807) is 0 Å². The minimum absolute atomic E-state index is 0.224. The Morgan fingerprint density at radius 3 is 1.82 bits per heavy atom. The molecule has 2 aliphatic heterocycles. The van der Waals surface area contributed by atoms with Crippen LogP contribution in [0.5, 0.6) is 0 Å². The molecule has 1 aromatic carbocycles. The van der Waals surface area contributed by atoms with Crippen LogP contribution in [0.2, 0.25) is 0 Å². The maximum atomic E-state index is 12.5. The number of rotatable bonds is 4. The largest absolute Gasteiger partial charge is 0.444 e. The molecule has 4 aromatic rings. The molecule has 45 heavy (non-hydrogen) atoms. The van der Waals surface area contributed by atoms with Gasteiger partial charge in [0.1, 0.15) is 22.7 Å². The standard InChI is InChI=1S/C35H46N6O4/c1-34(2,3)44-32(42)40-15-11-22(12-16-40)27-20-36-29-19-24(7-8-25(27)29)38-30-10-9-26-28(21-37-31(26)39-30)23-13-17-41(18-14-23)33(43)45-35(4,5)6/h7-10,19-23,36H,11-18H2,1-6H3,(H2,37,38,39). The summed E-state index contributed by atoms with van der Waals surface area (Å²) in [5.41, 5.74) is 4.48. The Labute approximate surface area is 264 Å². The van der Waals surface area contributed by atoms with E-state index in [9.17, 15) is 9.59 Å². The summed E-state index contributed by atoms with van der Waals surface area (Å²) in [4.78, 5) is 40.3. The van der Waals surface area contributed by atoms with E-state index in [-0.39, 0.29) is 12.2 Å². The number of ether oxygens (including phenoxy) is 2. The predicted molar refractivity (Wildman–Crippen MR) is 177 cm³/mol. The normalized spacial score (nSPS) is 17.2. The predicted octanol–water partition coefficient (Wildman–Crippen LogP) is 8.02. The first-order valence-corrected chi connectivity index (χ1v) is 16.1. The Morgan fingerprint density at radius 1 is 0.756 bits per heavy atom. The minimum Gasteiger partial charge on any atom is -0.444 e. The van der Waals surface area contributed by atoms with Gasteiger partial charge in [-0.2, -0.15) is 0 Å². The third-order valence-corrected chi connectivity index (χ3v) is 8.73. The Hall–Kier alpha value is -4.21. The van der Waals surface area contributed by atoms with Crippen LogP contribution in [0, 0.1) is 0 Å². The van der Waals surface area contributed by atoms with Crippen molar-refractivity contribution in [3.63, 3.8) is 0 Å². The van der Waals surface area contributed by atoms with E-state index in [0.717, 1.165) is 53.7 Å². The molecule has 0 bridgehead atoms. The van der Waals surface area contributed by atoms with E-state index >= 15 is 0 Å².